The van der Waals surface area contributed by atoms with Gasteiger partial charge in [-0.05, 0) is 39.3 Å². The average Bonchev–Trinajstić information content (AvgIpc) is 3.08. The molecule has 3 aliphatic heterocycles. The molecular formula is C26H35N5O6. The SMILES string of the molecule is CC(C)(C)OC(=O)CCN1CCN(CCNc2cccc3c2C(=O)N(C2CCC(=O)NC2=O)C3=O)CC1. The van der Waals surface area contributed by atoms with Gasteiger partial charge in [0.1, 0.15) is 11.6 Å². The maximum absolute atomic E-state index is 13.2. The van der Waals surface area contributed by atoms with Crippen molar-refractivity contribution in [3.05, 3.63) is 29.3 Å². The van der Waals surface area contributed by atoms with Crippen molar-refractivity contribution in [1.82, 2.24) is 20.0 Å². The third-order valence-corrected chi connectivity index (χ3v) is 6.73. The molecule has 11 heteroatoms. The number of rotatable bonds is 8. The van der Waals surface area contributed by atoms with Gasteiger partial charge in [-0.2, -0.15) is 0 Å². The number of hydrogen-bond acceptors (Lipinski definition) is 9. The number of anilines is 1. The molecule has 0 bridgehead atoms. The Balaban J connectivity index is 1.26. The van der Waals surface area contributed by atoms with Crippen LogP contribution in [0.2, 0.25) is 0 Å². The lowest BCUT2D eigenvalue weighted by atomic mass is 10.0. The van der Waals surface area contributed by atoms with E-state index in [-0.39, 0.29) is 29.9 Å². The van der Waals surface area contributed by atoms with Gasteiger partial charge in [-0.1, -0.05) is 6.07 Å². The number of ether oxygens (including phenoxy) is 1. The number of benzene rings is 1. The van der Waals surface area contributed by atoms with Crippen LogP contribution >= 0.6 is 0 Å². The van der Waals surface area contributed by atoms with Gasteiger partial charge in [0.2, 0.25) is 11.8 Å². The van der Waals surface area contributed by atoms with E-state index >= 15 is 0 Å². The highest BCUT2D eigenvalue weighted by molar-refractivity contribution is 6.25. The zero-order chi connectivity index (χ0) is 26.7. The molecule has 200 valence electrons. The van der Waals surface area contributed by atoms with Crippen molar-refractivity contribution in [3.8, 4) is 0 Å². The van der Waals surface area contributed by atoms with Gasteiger partial charge in [0.05, 0.1) is 17.5 Å². The van der Waals surface area contributed by atoms with Crippen LogP contribution in [0.4, 0.5) is 5.69 Å². The highest BCUT2D eigenvalue weighted by atomic mass is 16.6. The highest BCUT2D eigenvalue weighted by Crippen LogP contribution is 2.32. The number of piperazine rings is 1. The summed E-state index contributed by atoms with van der Waals surface area (Å²) in [7, 11) is 0. The van der Waals surface area contributed by atoms with E-state index in [1.807, 2.05) is 20.8 Å². The molecule has 37 heavy (non-hydrogen) atoms. The van der Waals surface area contributed by atoms with Crippen molar-refractivity contribution in [1.29, 1.82) is 0 Å². The lowest BCUT2D eigenvalue weighted by Crippen LogP contribution is -2.54. The number of imide groups is 2. The maximum Gasteiger partial charge on any atom is 0.307 e. The number of hydrogen-bond donors (Lipinski definition) is 2. The van der Waals surface area contributed by atoms with Crippen LogP contribution in [0.25, 0.3) is 0 Å². The van der Waals surface area contributed by atoms with Gasteiger partial charge in [-0.25, -0.2) is 0 Å². The van der Waals surface area contributed by atoms with Gasteiger partial charge in [0, 0.05) is 57.9 Å². The predicted octanol–water partition coefficient (Wildman–Crippen LogP) is 0.849. The highest BCUT2D eigenvalue weighted by Gasteiger charge is 2.45. The van der Waals surface area contributed by atoms with Crippen molar-refractivity contribution < 1.29 is 28.7 Å². The number of carbonyl (C=O) groups is 5. The van der Waals surface area contributed by atoms with Gasteiger partial charge in [-0.3, -0.25) is 39.1 Å². The summed E-state index contributed by atoms with van der Waals surface area (Å²) in [6, 6.07) is 4.07. The van der Waals surface area contributed by atoms with Crippen LogP contribution in [-0.2, 0) is 19.1 Å². The Morgan fingerprint density at radius 1 is 1.03 bits per heavy atom. The molecule has 2 fully saturated rings. The number of amides is 4. The van der Waals surface area contributed by atoms with Gasteiger partial charge >= 0.3 is 5.97 Å². The number of carbonyl (C=O) groups excluding carboxylic acids is 5. The van der Waals surface area contributed by atoms with Crippen LogP contribution in [0, 0.1) is 0 Å². The van der Waals surface area contributed by atoms with Crippen LogP contribution in [-0.4, -0.2) is 102 Å². The van der Waals surface area contributed by atoms with Crippen LogP contribution in [0.3, 0.4) is 0 Å². The monoisotopic (exact) mass is 513 g/mol. The van der Waals surface area contributed by atoms with Crippen molar-refractivity contribution in [2.45, 2.75) is 51.7 Å². The first-order chi connectivity index (χ1) is 17.5. The number of fused-ring (bicyclic) bond motifs is 1. The molecule has 1 unspecified atom stereocenters. The number of nitrogens with zero attached hydrogens (tertiary/aromatic N) is 3. The molecule has 11 nitrogen and oxygen atoms in total. The fraction of sp³-hybridized carbons (Fsp3) is 0.577. The summed E-state index contributed by atoms with van der Waals surface area (Å²) < 4.78 is 5.38. The lowest BCUT2D eigenvalue weighted by molar-refractivity contribution is -0.155. The van der Waals surface area contributed by atoms with Crippen molar-refractivity contribution in [3.63, 3.8) is 0 Å². The Morgan fingerprint density at radius 2 is 1.70 bits per heavy atom. The van der Waals surface area contributed by atoms with E-state index in [9.17, 15) is 24.0 Å². The van der Waals surface area contributed by atoms with Gasteiger partial charge in [0.15, 0.2) is 0 Å². The molecule has 0 aromatic heterocycles. The van der Waals surface area contributed by atoms with Crippen molar-refractivity contribution >= 4 is 35.3 Å². The first kappa shape index (κ1) is 26.7. The zero-order valence-electron chi connectivity index (χ0n) is 21.7. The van der Waals surface area contributed by atoms with Crippen molar-refractivity contribution in [2.75, 3.05) is 51.1 Å². The van der Waals surface area contributed by atoms with Gasteiger partial charge in [-0.15, -0.1) is 0 Å². The summed E-state index contributed by atoms with van der Waals surface area (Å²) in [5, 5.41) is 5.50. The molecule has 0 saturated carbocycles. The standard InChI is InChI=1S/C26H35N5O6/c1-26(2,3)37-21(33)9-11-29-13-15-30(16-14-29)12-10-27-18-6-4-5-17-22(18)25(36)31(24(17)35)19-7-8-20(32)28-23(19)34/h4-6,19,27H,7-16H2,1-3H3,(H,28,32,34). The van der Waals surface area contributed by atoms with Crippen LogP contribution in [0.1, 0.15) is 60.7 Å². The zero-order valence-corrected chi connectivity index (χ0v) is 21.7. The van der Waals surface area contributed by atoms with Crippen LogP contribution in [0.15, 0.2) is 18.2 Å². The van der Waals surface area contributed by atoms with E-state index in [1.54, 1.807) is 18.2 Å². The molecule has 0 spiro atoms. The summed E-state index contributed by atoms with van der Waals surface area (Å²) in [5.74, 6) is -2.23. The summed E-state index contributed by atoms with van der Waals surface area (Å²) >= 11 is 0. The minimum Gasteiger partial charge on any atom is -0.460 e. The normalized spacial score (nSPS) is 21.2. The Bertz CT molecular complexity index is 1090. The number of nitrogens with one attached hydrogen (secondary N) is 2. The fourth-order valence-corrected chi connectivity index (χ4v) is 4.89. The molecule has 4 amide bonds. The Labute approximate surface area is 216 Å². The largest absolute Gasteiger partial charge is 0.460 e. The van der Waals surface area contributed by atoms with Crippen LogP contribution in [0.5, 0.6) is 0 Å². The quantitative estimate of drug-likeness (QED) is 0.384. The summed E-state index contributed by atoms with van der Waals surface area (Å²) in [4.78, 5) is 67.4. The second-order valence-corrected chi connectivity index (χ2v) is 10.6. The molecule has 2 N–H and O–H groups in total. The Morgan fingerprint density at radius 3 is 2.35 bits per heavy atom. The molecule has 3 aliphatic rings. The molecule has 0 radical (unpaired) electrons. The Hall–Kier alpha value is -3.31. The van der Waals surface area contributed by atoms with E-state index in [1.165, 1.54) is 0 Å². The van der Waals surface area contributed by atoms with E-state index in [2.05, 4.69) is 20.4 Å². The van der Waals surface area contributed by atoms with E-state index in [0.29, 0.717) is 25.2 Å². The lowest BCUT2D eigenvalue weighted by Gasteiger charge is -2.34. The molecule has 1 aromatic rings. The molecule has 2 saturated heterocycles. The number of piperidine rings is 1. The van der Waals surface area contributed by atoms with E-state index in [0.717, 1.165) is 37.6 Å². The molecular weight excluding hydrogens is 478 g/mol. The fourth-order valence-electron chi connectivity index (χ4n) is 4.89. The van der Waals surface area contributed by atoms with Gasteiger partial charge < -0.3 is 15.0 Å². The molecule has 4 rings (SSSR count). The maximum atomic E-state index is 13.2. The summed E-state index contributed by atoms with van der Waals surface area (Å²) in [5.41, 5.74) is 0.618. The van der Waals surface area contributed by atoms with E-state index < -0.39 is 35.3 Å². The van der Waals surface area contributed by atoms with E-state index in [4.69, 9.17) is 4.74 Å². The Kier molecular flexibility index (Phi) is 7.93. The van der Waals surface area contributed by atoms with Gasteiger partial charge in [0.25, 0.3) is 11.8 Å². The first-order valence-corrected chi connectivity index (χ1v) is 12.8. The molecule has 0 aliphatic carbocycles. The first-order valence-electron chi connectivity index (χ1n) is 12.8. The minimum absolute atomic E-state index is 0.0865. The minimum atomic E-state index is -0.982. The predicted molar refractivity (Wildman–Crippen MR) is 135 cm³/mol. The average molecular weight is 514 g/mol. The molecule has 1 atom stereocenters. The smallest absolute Gasteiger partial charge is 0.307 e. The summed E-state index contributed by atoms with van der Waals surface area (Å²) in [6.45, 7) is 11.0. The second-order valence-electron chi connectivity index (χ2n) is 10.6. The molecule has 1 aromatic carbocycles. The third kappa shape index (κ3) is 6.34. The van der Waals surface area contributed by atoms with Crippen molar-refractivity contribution in [2.24, 2.45) is 0 Å². The molecule has 3 heterocycles. The second kappa shape index (κ2) is 11.0. The van der Waals surface area contributed by atoms with Crippen LogP contribution < -0.4 is 10.6 Å². The topological polar surface area (TPSA) is 128 Å². The number of esters is 1. The third-order valence-electron chi connectivity index (χ3n) is 6.73. The summed E-state index contributed by atoms with van der Waals surface area (Å²) in [6.07, 6.45) is 0.590.